The van der Waals surface area contributed by atoms with Gasteiger partial charge in [-0.25, -0.2) is 26.8 Å². The second-order valence-corrected chi connectivity index (χ2v) is 18.3. The topological polar surface area (TPSA) is 235 Å². The van der Waals surface area contributed by atoms with Gasteiger partial charge in [0.25, 0.3) is 20.2 Å². The lowest BCUT2D eigenvalue weighted by molar-refractivity contribution is 0.412. The fraction of sp³-hybridized carbons (Fsp3) is 0.0811. The van der Waals surface area contributed by atoms with Gasteiger partial charge in [-0.3, -0.25) is 18.7 Å². The number of nitrogen functional groups attached to an aromatic ring is 1. The van der Waals surface area contributed by atoms with Gasteiger partial charge in [0, 0.05) is 31.8 Å². The minimum Gasteiger partial charge on any atom is -0.495 e. The largest absolute Gasteiger partial charge is 0.495 e. The highest BCUT2D eigenvalue weighted by Gasteiger charge is 2.20. The number of rotatable bonds is 8. The monoisotopic (exact) mass is 987 g/mol. The number of hydrogen-bond donors (Lipinski definition) is 1. The van der Waals surface area contributed by atoms with Gasteiger partial charge >= 0.3 is 0 Å². The molecule has 8 rings (SSSR count). The summed E-state index contributed by atoms with van der Waals surface area (Å²) in [6.45, 7) is 0. The third-order valence-electron chi connectivity index (χ3n) is 8.14. The molecule has 0 aliphatic rings. The van der Waals surface area contributed by atoms with Crippen LogP contribution in [0.5, 0.6) is 11.5 Å². The van der Waals surface area contributed by atoms with E-state index >= 15 is 0 Å². The zero-order chi connectivity index (χ0) is 42.5. The van der Waals surface area contributed by atoms with Gasteiger partial charge in [0.1, 0.15) is 29.8 Å². The quantitative estimate of drug-likeness (QED) is 0.161. The van der Waals surface area contributed by atoms with Gasteiger partial charge in [-0.1, -0.05) is 42.2 Å². The number of nitrogens with two attached hydrogens (primary N) is 1. The first-order valence-electron chi connectivity index (χ1n) is 16.5. The van der Waals surface area contributed by atoms with Crippen molar-refractivity contribution >= 4 is 89.3 Å². The fourth-order valence-corrected chi connectivity index (χ4v) is 8.24. The number of sulfone groups is 1. The van der Waals surface area contributed by atoms with Crippen LogP contribution in [0.3, 0.4) is 0 Å². The number of fused-ring (bicyclic) bond motifs is 2. The van der Waals surface area contributed by atoms with Crippen LogP contribution in [0.1, 0.15) is 5.69 Å². The molecule has 0 aliphatic carbocycles. The molecule has 0 fully saturated rings. The van der Waals surface area contributed by atoms with Crippen LogP contribution in [0.25, 0.3) is 33.4 Å². The summed E-state index contributed by atoms with van der Waals surface area (Å²) in [7, 11) is 0.821. The Kier molecular flexibility index (Phi) is 13.0. The van der Waals surface area contributed by atoms with Crippen LogP contribution in [0.15, 0.2) is 147 Å². The standard InChI is InChI=1S/C19H14BrN3O5S.C15H10BrClN2O4S.C3H4N2O/c1-27-18-8-12(20)2-4-17(18)23-16-5-3-14(9-15(16)21-10-19(23)24)29(25,26)11-13-6-7-28-22-13;1-23-14-6-9(16)2-4-13(14)19-12-5-3-10(24(17,21)22)7-11(12)18-8-15(19)20;4-3-1-2-6-5-3/h2-10H,11H2,1H3;2-8H,1H3;1-2H,(H2,4,5). The number of aromatic nitrogens is 6. The lowest BCUT2D eigenvalue weighted by Crippen LogP contribution is -2.19. The van der Waals surface area contributed by atoms with Crippen LogP contribution in [0.2, 0.25) is 0 Å². The van der Waals surface area contributed by atoms with Gasteiger partial charge in [-0.2, -0.15) is 0 Å². The maximum absolute atomic E-state index is 12.7. The zero-order valence-electron chi connectivity index (χ0n) is 30.4. The number of hydrogen-bond acceptors (Lipinski definition) is 15. The van der Waals surface area contributed by atoms with Crippen molar-refractivity contribution < 1.29 is 35.4 Å². The average molecular weight is 990 g/mol. The molecule has 0 spiro atoms. The second kappa shape index (κ2) is 18.0. The van der Waals surface area contributed by atoms with E-state index in [1.54, 1.807) is 48.5 Å². The molecular weight excluding hydrogens is 962 g/mol. The van der Waals surface area contributed by atoms with E-state index in [9.17, 15) is 26.4 Å². The van der Waals surface area contributed by atoms with Crippen molar-refractivity contribution in [1.82, 2.24) is 29.4 Å². The summed E-state index contributed by atoms with van der Waals surface area (Å²) in [6, 6.07) is 22.1. The van der Waals surface area contributed by atoms with Crippen molar-refractivity contribution in [2.24, 2.45) is 0 Å². The minimum absolute atomic E-state index is 0.0773. The molecule has 304 valence electrons. The summed E-state index contributed by atoms with van der Waals surface area (Å²) in [4.78, 5) is 33.1. The van der Waals surface area contributed by atoms with E-state index in [4.69, 9.17) is 30.4 Å². The van der Waals surface area contributed by atoms with Crippen molar-refractivity contribution in [2.45, 2.75) is 15.5 Å². The predicted molar refractivity (Wildman–Crippen MR) is 225 cm³/mol. The molecule has 8 aromatic rings. The number of ether oxygens (including phenoxy) is 2. The minimum atomic E-state index is -3.89. The Morgan fingerprint density at radius 1 is 0.678 bits per heavy atom. The number of anilines is 1. The maximum Gasteiger partial charge on any atom is 0.274 e. The molecule has 0 radical (unpaired) electrons. The fourth-order valence-electron chi connectivity index (χ4n) is 5.52. The highest BCUT2D eigenvalue weighted by atomic mass is 79.9. The first kappa shape index (κ1) is 42.7. The summed E-state index contributed by atoms with van der Waals surface area (Å²) < 4.78 is 72.6. The molecule has 0 saturated heterocycles. The van der Waals surface area contributed by atoms with Gasteiger partial charge in [0.15, 0.2) is 15.7 Å². The third kappa shape index (κ3) is 9.88. The molecule has 0 aliphatic heterocycles. The van der Waals surface area contributed by atoms with E-state index < -0.39 is 18.9 Å². The molecule has 17 nitrogen and oxygen atoms in total. The molecule has 0 amide bonds. The van der Waals surface area contributed by atoms with Gasteiger partial charge < -0.3 is 24.3 Å². The molecule has 4 aromatic heterocycles. The molecule has 0 bridgehead atoms. The molecule has 0 saturated carbocycles. The first-order valence-corrected chi connectivity index (χ1v) is 22.1. The molecule has 0 atom stereocenters. The molecule has 59 heavy (non-hydrogen) atoms. The van der Waals surface area contributed by atoms with Crippen LogP contribution >= 0.6 is 42.5 Å². The Balaban J connectivity index is 0.000000176. The lowest BCUT2D eigenvalue weighted by atomic mass is 10.2. The van der Waals surface area contributed by atoms with E-state index in [2.05, 4.69) is 56.7 Å². The van der Waals surface area contributed by atoms with E-state index in [1.807, 2.05) is 0 Å². The Morgan fingerprint density at radius 2 is 1.17 bits per heavy atom. The SMILES string of the molecule is COc1cc(Br)ccc1-n1c(=O)cnc2cc(S(=O)(=O)Cc3ccon3)ccc21.COc1cc(Br)ccc1-n1c(=O)cnc2cc(S(=O)(=O)Cl)ccc21.Nc1ccon1. The highest BCUT2D eigenvalue weighted by Crippen LogP contribution is 2.30. The van der Waals surface area contributed by atoms with Crippen LogP contribution < -0.4 is 26.3 Å². The number of benzene rings is 4. The number of methoxy groups -OCH3 is 2. The molecular formula is C37H28Br2ClN7O10S2. The van der Waals surface area contributed by atoms with Crippen molar-refractivity contribution in [1.29, 1.82) is 0 Å². The van der Waals surface area contributed by atoms with Gasteiger partial charge in [-0.05, 0) is 72.8 Å². The van der Waals surface area contributed by atoms with Crippen LogP contribution in [-0.4, -0.2) is 60.5 Å². The van der Waals surface area contributed by atoms with Gasteiger partial charge in [0.05, 0.1) is 75.5 Å². The van der Waals surface area contributed by atoms with Crippen LogP contribution in [0, 0.1) is 0 Å². The normalized spacial score (nSPS) is 11.3. The Labute approximate surface area is 355 Å². The smallest absolute Gasteiger partial charge is 0.274 e. The third-order valence-corrected chi connectivity index (χ3v) is 12.1. The summed E-state index contributed by atoms with van der Waals surface area (Å²) >= 11 is 6.72. The Morgan fingerprint density at radius 3 is 1.59 bits per heavy atom. The van der Waals surface area contributed by atoms with Gasteiger partial charge in [0.2, 0.25) is 0 Å². The zero-order valence-corrected chi connectivity index (χ0v) is 36.0. The van der Waals surface area contributed by atoms with Crippen LogP contribution in [-0.2, 0) is 24.6 Å². The highest BCUT2D eigenvalue weighted by molar-refractivity contribution is 9.10. The maximum atomic E-state index is 12.7. The first-order chi connectivity index (χ1) is 28.1. The molecule has 2 N–H and O–H groups in total. The van der Waals surface area contributed by atoms with Crippen molar-refractivity contribution in [3.8, 4) is 22.9 Å². The predicted octanol–water partition coefficient (Wildman–Crippen LogP) is 6.46. The summed E-state index contributed by atoms with van der Waals surface area (Å²) in [5.74, 6) is 1.09. The molecule has 22 heteroatoms. The van der Waals surface area contributed by atoms with E-state index in [-0.39, 0.29) is 26.7 Å². The van der Waals surface area contributed by atoms with Crippen LogP contribution in [0.4, 0.5) is 5.82 Å². The average Bonchev–Trinajstić information content (AvgIpc) is 3.91. The number of halogens is 3. The van der Waals surface area contributed by atoms with E-state index in [1.165, 1.54) is 72.3 Å². The van der Waals surface area contributed by atoms with E-state index in [0.29, 0.717) is 56.5 Å². The number of nitrogens with zero attached hydrogens (tertiary/aromatic N) is 6. The second-order valence-electron chi connectivity index (χ2n) is 11.9. The molecule has 0 unspecified atom stereocenters. The van der Waals surface area contributed by atoms with Crippen molar-refractivity contribution in [2.75, 3.05) is 20.0 Å². The van der Waals surface area contributed by atoms with Crippen molar-refractivity contribution in [3.63, 3.8) is 0 Å². The molecule has 4 heterocycles. The van der Waals surface area contributed by atoms with Gasteiger partial charge in [-0.15, -0.1) is 0 Å². The summed E-state index contributed by atoms with van der Waals surface area (Å²) in [5, 5.41) is 6.97. The van der Waals surface area contributed by atoms with Crippen molar-refractivity contribution in [3.05, 3.63) is 145 Å². The lowest BCUT2D eigenvalue weighted by Gasteiger charge is -2.14. The molecule has 4 aromatic carbocycles. The summed E-state index contributed by atoms with van der Waals surface area (Å²) in [6.07, 6.45) is 5.01. The van der Waals surface area contributed by atoms with E-state index in [0.717, 1.165) is 21.3 Å². The Hall–Kier alpha value is -5.87. The summed E-state index contributed by atoms with van der Waals surface area (Å²) in [5.41, 5.74) is 7.25. The Bertz CT molecular complexity index is 3150.